The van der Waals surface area contributed by atoms with Gasteiger partial charge in [0.15, 0.2) is 0 Å². The molecule has 1 heterocycles. The molecule has 1 aliphatic carbocycles. The topological polar surface area (TPSA) is 130 Å². The summed E-state index contributed by atoms with van der Waals surface area (Å²) >= 11 is 0. The summed E-state index contributed by atoms with van der Waals surface area (Å²) in [5.41, 5.74) is 3.75. The van der Waals surface area contributed by atoms with Gasteiger partial charge in [-0.05, 0) is 67.0 Å². The number of fused-ring (bicyclic) bond motifs is 1. The molecule has 10 nitrogen and oxygen atoms in total. The number of morpholine rings is 1. The first-order valence-electron chi connectivity index (χ1n) is 17.6. The summed E-state index contributed by atoms with van der Waals surface area (Å²) in [6.45, 7) is 8.44. The lowest BCUT2D eigenvalue weighted by molar-refractivity contribution is -0.127. The van der Waals surface area contributed by atoms with Gasteiger partial charge >= 0.3 is 6.09 Å². The summed E-state index contributed by atoms with van der Waals surface area (Å²) in [7, 11) is 0. The summed E-state index contributed by atoms with van der Waals surface area (Å²) < 4.78 is 16.9. The zero-order chi connectivity index (χ0) is 34.6. The highest BCUT2D eigenvalue weighted by Crippen LogP contribution is 2.32. The van der Waals surface area contributed by atoms with Crippen molar-refractivity contribution in [3.05, 3.63) is 101 Å². The third-order valence-corrected chi connectivity index (χ3v) is 9.53. The van der Waals surface area contributed by atoms with Crippen molar-refractivity contribution >= 4 is 12.0 Å². The van der Waals surface area contributed by atoms with Crippen molar-refractivity contribution in [1.29, 1.82) is 0 Å². The van der Waals surface area contributed by atoms with Crippen LogP contribution < -0.4 is 15.4 Å². The van der Waals surface area contributed by atoms with Crippen molar-refractivity contribution in [2.75, 3.05) is 39.5 Å². The highest BCUT2D eigenvalue weighted by atomic mass is 16.6. The lowest BCUT2D eigenvalue weighted by Gasteiger charge is -2.29. The molecule has 0 bridgehead atoms. The third kappa shape index (κ3) is 10.8. The Labute approximate surface area is 289 Å². The Morgan fingerprint density at radius 1 is 0.959 bits per heavy atom. The first-order chi connectivity index (χ1) is 23.8. The molecule has 49 heavy (non-hydrogen) atoms. The lowest BCUT2D eigenvalue weighted by atomic mass is 9.88. The maximum Gasteiger partial charge on any atom is 0.407 e. The SMILES string of the molecule is CCC(C)OC(=O)N[C@@H](Cc1ccccc1)[C@@H](O)C[C@@H](Cc1ccc(OCCN2CCOCC2)cc1)C(=O)N[C@H]1c2ccccc2C[C@H]1O. The van der Waals surface area contributed by atoms with Gasteiger partial charge < -0.3 is 35.1 Å². The van der Waals surface area contributed by atoms with E-state index in [1.165, 1.54) is 0 Å². The van der Waals surface area contributed by atoms with Crippen molar-refractivity contribution in [2.24, 2.45) is 5.92 Å². The van der Waals surface area contributed by atoms with Gasteiger partial charge in [0.2, 0.25) is 5.91 Å². The summed E-state index contributed by atoms with van der Waals surface area (Å²) in [5, 5.41) is 28.6. The summed E-state index contributed by atoms with van der Waals surface area (Å²) in [6, 6.07) is 23.8. The molecule has 1 fully saturated rings. The van der Waals surface area contributed by atoms with Crippen LogP contribution in [0.2, 0.25) is 0 Å². The fourth-order valence-electron chi connectivity index (χ4n) is 6.48. The van der Waals surface area contributed by atoms with Crippen LogP contribution in [0.4, 0.5) is 4.79 Å². The number of alkyl carbamates (subject to hydrolysis) is 1. The molecule has 4 N–H and O–H groups in total. The molecule has 6 atom stereocenters. The van der Waals surface area contributed by atoms with E-state index in [0.717, 1.165) is 60.9 Å². The van der Waals surface area contributed by atoms with Crippen molar-refractivity contribution in [3.63, 3.8) is 0 Å². The number of amides is 2. The van der Waals surface area contributed by atoms with Gasteiger partial charge in [-0.2, -0.15) is 0 Å². The van der Waals surface area contributed by atoms with Crippen LogP contribution in [0.5, 0.6) is 5.75 Å². The van der Waals surface area contributed by atoms with Crippen molar-refractivity contribution in [3.8, 4) is 5.75 Å². The minimum absolute atomic E-state index is 0.0786. The van der Waals surface area contributed by atoms with Crippen LogP contribution >= 0.6 is 0 Å². The van der Waals surface area contributed by atoms with E-state index in [4.69, 9.17) is 14.2 Å². The molecule has 3 aromatic carbocycles. The van der Waals surface area contributed by atoms with E-state index in [1.807, 2.05) is 92.7 Å². The molecule has 0 aromatic heterocycles. The number of rotatable bonds is 16. The predicted molar refractivity (Wildman–Crippen MR) is 187 cm³/mol. The van der Waals surface area contributed by atoms with E-state index in [2.05, 4.69) is 15.5 Å². The fraction of sp³-hybridized carbons (Fsp3) is 0.487. The Morgan fingerprint density at radius 3 is 2.39 bits per heavy atom. The molecule has 0 saturated carbocycles. The first-order valence-corrected chi connectivity index (χ1v) is 17.6. The van der Waals surface area contributed by atoms with Gasteiger partial charge in [-0.25, -0.2) is 4.79 Å². The Balaban J connectivity index is 1.30. The summed E-state index contributed by atoms with van der Waals surface area (Å²) in [5.74, 6) is -0.185. The molecule has 1 saturated heterocycles. The van der Waals surface area contributed by atoms with E-state index in [1.54, 1.807) is 0 Å². The monoisotopic (exact) mass is 673 g/mol. The van der Waals surface area contributed by atoms with Gasteiger partial charge in [0.25, 0.3) is 0 Å². The second-order valence-corrected chi connectivity index (χ2v) is 13.2. The Hall–Kier alpha value is -3.96. The molecule has 1 unspecified atom stereocenters. The van der Waals surface area contributed by atoms with Gasteiger partial charge in [0.1, 0.15) is 18.5 Å². The number of nitrogens with one attached hydrogen (secondary N) is 2. The highest BCUT2D eigenvalue weighted by Gasteiger charge is 2.35. The van der Waals surface area contributed by atoms with E-state index < -0.39 is 36.3 Å². The smallest absolute Gasteiger partial charge is 0.407 e. The molecular weight excluding hydrogens is 622 g/mol. The van der Waals surface area contributed by atoms with Gasteiger partial charge in [0, 0.05) is 32.0 Å². The number of carbonyl (C=O) groups excluding carboxylic acids is 2. The Bertz CT molecular complexity index is 1460. The standard InChI is InChI=1S/C39H51N3O7/c1-3-27(2)49-39(46)40-34(24-28-9-5-4-6-10-28)35(43)26-31(38(45)41-37-33-12-8-7-11-30(33)25-36(37)44)23-29-13-15-32(16-14-29)48-22-19-42-17-20-47-21-18-42/h4-16,27,31,34-37,43-44H,3,17-26H2,1-2H3,(H,40,46)(H,41,45)/t27?,31-,34+,35+,36-,37+/m1/s1. The van der Waals surface area contributed by atoms with Gasteiger partial charge in [0.05, 0.1) is 37.5 Å². The highest BCUT2D eigenvalue weighted by molar-refractivity contribution is 5.80. The molecule has 3 aromatic rings. The average molecular weight is 674 g/mol. The number of hydrogen-bond acceptors (Lipinski definition) is 8. The number of carbonyl (C=O) groups is 2. The minimum Gasteiger partial charge on any atom is -0.492 e. The van der Waals surface area contributed by atoms with E-state index in [0.29, 0.717) is 32.3 Å². The normalized spacial score (nSPS) is 20.0. The number of benzene rings is 3. The molecule has 10 heteroatoms. The number of nitrogens with zero attached hydrogens (tertiary/aromatic N) is 1. The first kappa shape index (κ1) is 36.3. The van der Waals surface area contributed by atoms with Crippen molar-refractivity contribution in [1.82, 2.24) is 15.5 Å². The number of aliphatic hydroxyl groups excluding tert-OH is 2. The zero-order valence-corrected chi connectivity index (χ0v) is 28.6. The molecule has 5 rings (SSSR count). The molecule has 1 aliphatic heterocycles. The lowest BCUT2D eigenvalue weighted by Crippen LogP contribution is -2.48. The molecular formula is C39H51N3O7. The van der Waals surface area contributed by atoms with Crippen LogP contribution in [0.1, 0.15) is 55.0 Å². The van der Waals surface area contributed by atoms with Crippen LogP contribution in [0.25, 0.3) is 0 Å². The number of hydrogen-bond donors (Lipinski definition) is 4. The van der Waals surface area contributed by atoms with E-state index >= 15 is 0 Å². The Morgan fingerprint density at radius 2 is 1.65 bits per heavy atom. The minimum atomic E-state index is -1.07. The predicted octanol–water partition coefficient (Wildman–Crippen LogP) is 4.22. The quantitative estimate of drug-likeness (QED) is 0.178. The third-order valence-electron chi connectivity index (χ3n) is 9.53. The summed E-state index contributed by atoms with van der Waals surface area (Å²) in [6.07, 6.45) is -0.792. The molecule has 0 radical (unpaired) electrons. The number of aliphatic hydroxyl groups is 2. The van der Waals surface area contributed by atoms with Crippen LogP contribution in [-0.2, 0) is 33.5 Å². The number of ether oxygens (including phenoxy) is 3. The van der Waals surface area contributed by atoms with Crippen LogP contribution in [0, 0.1) is 5.92 Å². The Kier molecular flexibility index (Phi) is 13.5. The van der Waals surface area contributed by atoms with Crippen molar-refractivity contribution < 1.29 is 34.0 Å². The molecule has 2 amide bonds. The maximum absolute atomic E-state index is 14.1. The maximum atomic E-state index is 14.1. The fourth-order valence-corrected chi connectivity index (χ4v) is 6.48. The van der Waals surface area contributed by atoms with Crippen LogP contribution in [0.15, 0.2) is 78.9 Å². The zero-order valence-electron chi connectivity index (χ0n) is 28.6. The van der Waals surface area contributed by atoms with Crippen molar-refractivity contribution in [2.45, 2.75) is 76.3 Å². The summed E-state index contributed by atoms with van der Waals surface area (Å²) in [4.78, 5) is 29.2. The molecule has 0 spiro atoms. The van der Waals surface area contributed by atoms with Crippen LogP contribution in [-0.4, -0.2) is 90.9 Å². The largest absolute Gasteiger partial charge is 0.492 e. The van der Waals surface area contributed by atoms with Gasteiger partial charge in [-0.3, -0.25) is 9.69 Å². The van der Waals surface area contributed by atoms with Gasteiger partial charge in [-0.1, -0.05) is 73.7 Å². The second-order valence-electron chi connectivity index (χ2n) is 13.2. The van der Waals surface area contributed by atoms with E-state index in [-0.39, 0.29) is 18.4 Å². The van der Waals surface area contributed by atoms with Crippen LogP contribution in [0.3, 0.4) is 0 Å². The van der Waals surface area contributed by atoms with Gasteiger partial charge in [-0.15, -0.1) is 0 Å². The second kappa shape index (κ2) is 18.2. The average Bonchev–Trinajstić information content (AvgIpc) is 3.43. The molecule has 264 valence electrons. The molecule has 2 aliphatic rings. The van der Waals surface area contributed by atoms with E-state index in [9.17, 15) is 19.8 Å².